The summed E-state index contributed by atoms with van der Waals surface area (Å²) in [6, 6.07) is 17.2. The molecule has 1 unspecified atom stereocenters. The molecule has 3 rings (SSSR count). The van der Waals surface area contributed by atoms with Crippen LogP contribution in [-0.2, 0) is 11.3 Å². The average Bonchev–Trinajstić information content (AvgIpc) is 2.78. The Kier molecular flexibility index (Phi) is 11.0. The molecule has 9 heteroatoms. The van der Waals surface area contributed by atoms with Gasteiger partial charge in [-0.05, 0) is 11.6 Å². The molecule has 2 aromatic rings. The van der Waals surface area contributed by atoms with E-state index in [1.165, 1.54) is 11.6 Å². The summed E-state index contributed by atoms with van der Waals surface area (Å²) in [6.45, 7) is 1.28. The first-order valence-electron chi connectivity index (χ1n) is 10.0. The fourth-order valence-electron chi connectivity index (χ4n) is 3.48. The van der Waals surface area contributed by atoms with Crippen molar-refractivity contribution >= 4 is 29.9 Å². The smallest absolute Gasteiger partial charge is 0.387 e. The van der Waals surface area contributed by atoms with Crippen molar-refractivity contribution in [1.29, 1.82) is 0 Å². The molecule has 6 nitrogen and oxygen atoms in total. The number of guanidine groups is 1. The molecule has 1 heterocycles. The highest BCUT2D eigenvalue weighted by Crippen LogP contribution is 2.22. The van der Waals surface area contributed by atoms with Gasteiger partial charge in [0.25, 0.3) is 0 Å². The van der Waals surface area contributed by atoms with Crippen molar-refractivity contribution in [3.05, 3.63) is 65.7 Å². The lowest BCUT2D eigenvalue weighted by molar-refractivity contribution is -0.0504. The molecule has 0 aliphatic carbocycles. The van der Waals surface area contributed by atoms with Crippen molar-refractivity contribution in [2.45, 2.75) is 19.2 Å². The van der Waals surface area contributed by atoms with Crippen LogP contribution in [0.2, 0.25) is 0 Å². The van der Waals surface area contributed by atoms with E-state index >= 15 is 0 Å². The number of aliphatic imine (C=N–C) groups is 1. The van der Waals surface area contributed by atoms with Crippen molar-refractivity contribution in [2.24, 2.45) is 4.99 Å². The van der Waals surface area contributed by atoms with Crippen LogP contribution in [-0.4, -0.2) is 57.4 Å². The van der Waals surface area contributed by atoms with Gasteiger partial charge in [0.2, 0.25) is 0 Å². The Morgan fingerprint density at radius 3 is 2.42 bits per heavy atom. The molecule has 0 radical (unpaired) electrons. The molecule has 0 spiro atoms. The first kappa shape index (κ1) is 25.3. The SMILES string of the molecule is CN=C(NCc1ccccc1OC(F)F)NCC(c1ccccc1)N1CCOCC1.I. The summed E-state index contributed by atoms with van der Waals surface area (Å²) in [7, 11) is 1.68. The molecule has 1 atom stereocenters. The summed E-state index contributed by atoms with van der Waals surface area (Å²) < 4.78 is 35.3. The molecule has 31 heavy (non-hydrogen) atoms. The highest BCUT2D eigenvalue weighted by Gasteiger charge is 2.22. The van der Waals surface area contributed by atoms with Gasteiger partial charge in [-0.3, -0.25) is 9.89 Å². The molecule has 2 N–H and O–H groups in total. The number of benzene rings is 2. The number of rotatable bonds is 8. The summed E-state index contributed by atoms with van der Waals surface area (Å²) >= 11 is 0. The number of morpholine rings is 1. The van der Waals surface area contributed by atoms with Crippen LogP contribution < -0.4 is 15.4 Å². The Morgan fingerprint density at radius 2 is 1.74 bits per heavy atom. The molecular weight excluding hydrogens is 517 g/mol. The standard InChI is InChI=1S/C22H28F2N4O2.HI/c1-25-22(26-15-18-9-5-6-10-20(18)30-21(23)24)27-16-19(17-7-3-2-4-8-17)28-11-13-29-14-12-28;/h2-10,19,21H,11-16H2,1H3,(H2,25,26,27);1H. The van der Waals surface area contributed by atoms with Gasteiger partial charge in [0.15, 0.2) is 5.96 Å². The molecule has 1 saturated heterocycles. The molecule has 1 aliphatic heterocycles. The second-order valence-electron chi connectivity index (χ2n) is 6.87. The highest BCUT2D eigenvalue weighted by molar-refractivity contribution is 14.0. The summed E-state index contributed by atoms with van der Waals surface area (Å²) in [5.41, 5.74) is 1.85. The zero-order valence-electron chi connectivity index (χ0n) is 17.5. The first-order chi connectivity index (χ1) is 14.7. The van der Waals surface area contributed by atoms with Crippen LogP contribution in [0.1, 0.15) is 17.2 Å². The van der Waals surface area contributed by atoms with Crippen molar-refractivity contribution in [1.82, 2.24) is 15.5 Å². The normalized spacial score (nSPS) is 15.8. The van der Waals surface area contributed by atoms with E-state index in [1.54, 1.807) is 25.2 Å². The third-order valence-electron chi connectivity index (χ3n) is 4.99. The second kappa shape index (κ2) is 13.4. The van der Waals surface area contributed by atoms with Gasteiger partial charge >= 0.3 is 6.61 Å². The van der Waals surface area contributed by atoms with E-state index in [2.05, 4.69) is 37.4 Å². The van der Waals surface area contributed by atoms with Gasteiger partial charge in [-0.15, -0.1) is 24.0 Å². The quantitative estimate of drug-likeness (QED) is 0.301. The minimum atomic E-state index is -2.86. The summed E-state index contributed by atoms with van der Waals surface area (Å²) in [4.78, 5) is 6.66. The van der Waals surface area contributed by atoms with E-state index in [0.717, 1.165) is 26.3 Å². The van der Waals surface area contributed by atoms with Crippen LogP contribution in [0.5, 0.6) is 5.75 Å². The first-order valence-corrected chi connectivity index (χ1v) is 10.0. The largest absolute Gasteiger partial charge is 0.434 e. The number of nitrogens with zero attached hydrogens (tertiary/aromatic N) is 2. The Balaban J connectivity index is 0.00000341. The van der Waals surface area contributed by atoms with Crippen LogP contribution in [0.15, 0.2) is 59.6 Å². The number of nitrogens with one attached hydrogen (secondary N) is 2. The van der Waals surface area contributed by atoms with Gasteiger partial charge in [0.1, 0.15) is 5.75 Å². The maximum Gasteiger partial charge on any atom is 0.387 e. The van der Waals surface area contributed by atoms with Crippen molar-refractivity contribution in [2.75, 3.05) is 39.9 Å². The van der Waals surface area contributed by atoms with Gasteiger partial charge in [-0.25, -0.2) is 0 Å². The minimum Gasteiger partial charge on any atom is -0.434 e. The maximum absolute atomic E-state index is 12.6. The van der Waals surface area contributed by atoms with Gasteiger partial charge in [-0.1, -0.05) is 48.5 Å². The topological polar surface area (TPSA) is 58.1 Å². The fraction of sp³-hybridized carbons (Fsp3) is 0.409. The average molecular weight is 546 g/mol. The van der Waals surface area contributed by atoms with Gasteiger partial charge in [-0.2, -0.15) is 8.78 Å². The molecule has 0 aromatic heterocycles. The van der Waals surface area contributed by atoms with E-state index in [0.29, 0.717) is 24.6 Å². The van der Waals surface area contributed by atoms with E-state index in [1.807, 2.05) is 18.2 Å². The van der Waals surface area contributed by atoms with Gasteiger partial charge in [0.05, 0.1) is 19.3 Å². The van der Waals surface area contributed by atoms with Crippen LogP contribution >= 0.6 is 24.0 Å². The maximum atomic E-state index is 12.6. The fourth-order valence-corrected chi connectivity index (χ4v) is 3.48. The van der Waals surface area contributed by atoms with Crippen LogP contribution in [0.3, 0.4) is 0 Å². The monoisotopic (exact) mass is 546 g/mol. The second-order valence-corrected chi connectivity index (χ2v) is 6.87. The summed E-state index contributed by atoms with van der Waals surface area (Å²) in [6.07, 6.45) is 0. The van der Waals surface area contributed by atoms with E-state index in [9.17, 15) is 8.78 Å². The van der Waals surface area contributed by atoms with Crippen LogP contribution in [0.4, 0.5) is 8.78 Å². The third kappa shape index (κ3) is 7.89. The number of halogens is 3. The van der Waals surface area contributed by atoms with E-state index in [4.69, 9.17) is 4.74 Å². The third-order valence-corrected chi connectivity index (χ3v) is 4.99. The zero-order chi connectivity index (χ0) is 21.2. The predicted octanol–water partition coefficient (Wildman–Crippen LogP) is 3.64. The van der Waals surface area contributed by atoms with E-state index in [-0.39, 0.29) is 35.8 Å². The summed E-state index contributed by atoms with van der Waals surface area (Å²) in [5, 5.41) is 6.54. The Morgan fingerprint density at radius 1 is 1.06 bits per heavy atom. The number of hydrogen-bond acceptors (Lipinski definition) is 4. The molecule has 1 aliphatic rings. The number of hydrogen-bond donors (Lipinski definition) is 2. The minimum absolute atomic E-state index is 0. The van der Waals surface area contributed by atoms with Crippen LogP contribution in [0, 0.1) is 0 Å². The predicted molar refractivity (Wildman–Crippen MR) is 128 cm³/mol. The van der Waals surface area contributed by atoms with Crippen LogP contribution in [0.25, 0.3) is 0 Å². The molecule has 2 aromatic carbocycles. The Bertz CT molecular complexity index is 805. The lowest BCUT2D eigenvalue weighted by atomic mass is 10.0. The molecule has 1 fully saturated rings. The van der Waals surface area contributed by atoms with Gasteiger partial charge in [0, 0.05) is 38.8 Å². The molecule has 0 amide bonds. The van der Waals surface area contributed by atoms with Gasteiger partial charge < -0.3 is 20.1 Å². The number of alkyl halides is 2. The molecule has 170 valence electrons. The molecule has 0 bridgehead atoms. The van der Waals surface area contributed by atoms with Crippen molar-refractivity contribution in [3.8, 4) is 5.75 Å². The lowest BCUT2D eigenvalue weighted by Crippen LogP contribution is -2.46. The zero-order valence-corrected chi connectivity index (χ0v) is 19.8. The highest BCUT2D eigenvalue weighted by atomic mass is 127. The van der Waals surface area contributed by atoms with Crippen molar-refractivity contribution in [3.63, 3.8) is 0 Å². The Labute approximate surface area is 199 Å². The number of ether oxygens (including phenoxy) is 2. The molecule has 0 saturated carbocycles. The number of para-hydroxylation sites is 1. The lowest BCUT2D eigenvalue weighted by Gasteiger charge is -2.35. The van der Waals surface area contributed by atoms with E-state index < -0.39 is 6.61 Å². The Hall–Kier alpha value is -1.98. The summed E-state index contributed by atoms with van der Waals surface area (Å²) in [5.74, 6) is 0.752. The van der Waals surface area contributed by atoms with Crippen molar-refractivity contribution < 1.29 is 18.3 Å². The molecular formula is C22H29F2IN4O2.